The number of piperidine rings is 1. The van der Waals surface area contributed by atoms with Gasteiger partial charge in [-0.1, -0.05) is 12.8 Å². The lowest BCUT2D eigenvalue weighted by molar-refractivity contribution is -0.145. The Bertz CT molecular complexity index is 743. The molecule has 0 radical (unpaired) electrons. The van der Waals surface area contributed by atoms with E-state index in [1.807, 2.05) is 7.05 Å². The minimum Gasteiger partial charge on any atom is -0.339 e. The molecule has 2 amide bonds. The van der Waals surface area contributed by atoms with Gasteiger partial charge in [-0.05, 0) is 70.9 Å². The first-order chi connectivity index (χ1) is 14.4. The van der Waals surface area contributed by atoms with Crippen LogP contribution in [0.1, 0.15) is 70.6 Å². The Kier molecular flexibility index (Phi) is 6.15. The van der Waals surface area contributed by atoms with Crippen molar-refractivity contribution in [1.29, 1.82) is 5.26 Å². The summed E-state index contributed by atoms with van der Waals surface area (Å²) in [6.45, 7) is 1.53. The van der Waals surface area contributed by atoms with E-state index in [4.69, 9.17) is 0 Å². The van der Waals surface area contributed by atoms with Gasteiger partial charge in [-0.3, -0.25) is 19.3 Å². The van der Waals surface area contributed by atoms with Gasteiger partial charge in [0.1, 0.15) is 23.4 Å². The molecule has 7 nitrogen and oxygen atoms in total. The predicted molar refractivity (Wildman–Crippen MR) is 111 cm³/mol. The zero-order valence-corrected chi connectivity index (χ0v) is 18.1. The first kappa shape index (κ1) is 21.3. The minimum absolute atomic E-state index is 0.0879. The van der Waals surface area contributed by atoms with Crippen LogP contribution in [-0.2, 0) is 14.4 Å². The molecule has 30 heavy (non-hydrogen) atoms. The van der Waals surface area contributed by atoms with Crippen LogP contribution in [0.4, 0.5) is 0 Å². The van der Waals surface area contributed by atoms with Crippen molar-refractivity contribution in [2.75, 3.05) is 20.1 Å². The highest BCUT2D eigenvalue weighted by Crippen LogP contribution is 2.40. The quantitative estimate of drug-likeness (QED) is 0.688. The molecule has 0 bridgehead atoms. The van der Waals surface area contributed by atoms with Gasteiger partial charge in [0.15, 0.2) is 0 Å². The summed E-state index contributed by atoms with van der Waals surface area (Å²) in [4.78, 5) is 42.7. The van der Waals surface area contributed by atoms with Crippen molar-refractivity contribution < 1.29 is 14.4 Å². The molecule has 0 aromatic heterocycles. The third-order valence-corrected chi connectivity index (χ3v) is 7.85. The number of nitriles is 1. The van der Waals surface area contributed by atoms with Gasteiger partial charge < -0.3 is 10.2 Å². The van der Waals surface area contributed by atoms with E-state index in [0.717, 1.165) is 57.9 Å². The monoisotopic (exact) mass is 414 g/mol. The van der Waals surface area contributed by atoms with Gasteiger partial charge in [0.25, 0.3) is 0 Å². The molecular weight excluding hydrogens is 380 g/mol. The predicted octanol–water partition coefficient (Wildman–Crippen LogP) is 2.01. The van der Waals surface area contributed by atoms with E-state index in [1.54, 1.807) is 4.90 Å². The Labute approximate surface area is 179 Å². The first-order valence-electron chi connectivity index (χ1n) is 11.7. The maximum Gasteiger partial charge on any atom is 0.243 e. The Balaban J connectivity index is 1.45. The molecule has 2 saturated heterocycles. The lowest BCUT2D eigenvalue weighted by Crippen LogP contribution is -2.58. The van der Waals surface area contributed by atoms with Crippen LogP contribution in [0.2, 0.25) is 0 Å². The van der Waals surface area contributed by atoms with Crippen molar-refractivity contribution in [3.63, 3.8) is 0 Å². The van der Waals surface area contributed by atoms with Gasteiger partial charge in [-0.15, -0.1) is 0 Å². The molecule has 2 aliphatic carbocycles. The summed E-state index contributed by atoms with van der Waals surface area (Å²) in [6, 6.07) is 0.998. The van der Waals surface area contributed by atoms with Crippen LogP contribution in [0.5, 0.6) is 0 Å². The van der Waals surface area contributed by atoms with E-state index in [0.29, 0.717) is 31.7 Å². The van der Waals surface area contributed by atoms with Crippen molar-refractivity contribution >= 4 is 17.6 Å². The number of rotatable bonds is 7. The van der Waals surface area contributed by atoms with E-state index in [2.05, 4.69) is 16.3 Å². The van der Waals surface area contributed by atoms with E-state index in [1.165, 1.54) is 0 Å². The Morgan fingerprint density at radius 1 is 1.17 bits per heavy atom. The number of likely N-dealkylation sites (N-methyl/N-ethyl adjacent to an activating group) is 1. The van der Waals surface area contributed by atoms with E-state index >= 15 is 0 Å². The average molecular weight is 415 g/mol. The number of carbonyl (C=O) groups excluding carboxylic acids is 3. The number of hydrogen-bond acceptors (Lipinski definition) is 5. The molecule has 4 fully saturated rings. The van der Waals surface area contributed by atoms with Gasteiger partial charge in [0, 0.05) is 18.9 Å². The molecular formula is C23H34N4O3. The third-order valence-electron chi connectivity index (χ3n) is 7.85. The molecule has 1 N–H and O–H groups in total. The highest BCUT2D eigenvalue weighted by molar-refractivity contribution is 5.94. The second-order valence-electron chi connectivity index (χ2n) is 9.84. The highest BCUT2D eigenvalue weighted by atomic mass is 16.2. The first-order valence-corrected chi connectivity index (χ1v) is 11.7. The fourth-order valence-corrected chi connectivity index (χ4v) is 5.71. The Hall–Kier alpha value is -1.94. The number of carbonyl (C=O) groups is 3. The van der Waals surface area contributed by atoms with Gasteiger partial charge in [-0.25, -0.2) is 0 Å². The van der Waals surface area contributed by atoms with Crippen molar-refractivity contribution in [2.24, 2.45) is 11.8 Å². The number of ketones is 1. The number of amides is 2. The number of likely N-dealkylation sites (tertiary alicyclic amines) is 2. The fraction of sp³-hybridized carbons (Fsp3) is 0.826. The Morgan fingerprint density at radius 2 is 1.97 bits per heavy atom. The zero-order chi connectivity index (χ0) is 21.3. The number of nitrogens with zero attached hydrogens (tertiary/aromatic N) is 3. The summed E-state index contributed by atoms with van der Waals surface area (Å²) in [5, 5.41) is 12.5. The average Bonchev–Trinajstić information content (AvgIpc) is 3.39. The lowest BCUT2D eigenvalue weighted by Gasteiger charge is -2.41. The molecule has 2 aliphatic heterocycles. The number of hydrogen-bond donors (Lipinski definition) is 1. The molecule has 2 saturated carbocycles. The zero-order valence-electron chi connectivity index (χ0n) is 18.1. The summed E-state index contributed by atoms with van der Waals surface area (Å²) in [6.07, 6.45) is 9.33. The topological polar surface area (TPSA) is 93.5 Å². The van der Waals surface area contributed by atoms with Crippen LogP contribution >= 0.6 is 0 Å². The highest BCUT2D eigenvalue weighted by Gasteiger charge is 2.53. The standard InChI is InChI=1S/C23H34N4O3/c1-26-11-3-2-9-23(26)10-12-27(22(23)30)19(13-16-7-8-16)21(29)25-18(15-24)14-17-5-4-6-20(17)28/h16-19H,2-14H2,1H3,(H,25,29)/t17-,18-,19+,23+/m0/s1. The van der Waals surface area contributed by atoms with Crippen LogP contribution in [-0.4, -0.2) is 65.2 Å². The molecule has 4 aliphatic rings. The third kappa shape index (κ3) is 4.12. The summed E-state index contributed by atoms with van der Waals surface area (Å²) < 4.78 is 0. The van der Waals surface area contributed by atoms with Gasteiger partial charge in [-0.2, -0.15) is 5.26 Å². The molecule has 4 rings (SSSR count). The number of Topliss-reactive ketones (excluding diaryl/α,β-unsaturated/α-hetero) is 1. The maximum atomic E-state index is 13.5. The SMILES string of the molecule is CN1CCCC[C@]12CCN([C@H](CC1CC1)C(=O)N[C@H](C#N)C[C@@H]1CCCC1=O)C2=O. The molecule has 0 aromatic carbocycles. The maximum absolute atomic E-state index is 13.5. The largest absolute Gasteiger partial charge is 0.339 e. The normalized spacial score (nSPS) is 31.7. The Morgan fingerprint density at radius 3 is 2.60 bits per heavy atom. The van der Waals surface area contributed by atoms with Crippen LogP contribution in [0, 0.1) is 23.2 Å². The van der Waals surface area contributed by atoms with E-state index in [9.17, 15) is 19.6 Å². The smallest absolute Gasteiger partial charge is 0.243 e. The van der Waals surface area contributed by atoms with Gasteiger partial charge in [0.05, 0.1) is 6.07 Å². The van der Waals surface area contributed by atoms with Crippen molar-refractivity contribution in [3.05, 3.63) is 0 Å². The molecule has 4 atom stereocenters. The second-order valence-corrected chi connectivity index (χ2v) is 9.84. The minimum atomic E-state index is -0.671. The van der Waals surface area contributed by atoms with Crippen molar-refractivity contribution in [3.8, 4) is 6.07 Å². The summed E-state index contributed by atoms with van der Waals surface area (Å²) >= 11 is 0. The number of nitrogens with one attached hydrogen (secondary N) is 1. The van der Waals surface area contributed by atoms with E-state index in [-0.39, 0.29) is 23.5 Å². The van der Waals surface area contributed by atoms with Gasteiger partial charge >= 0.3 is 0 Å². The van der Waals surface area contributed by atoms with Crippen LogP contribution < -0.4 is 5.32 Å². The van der Waals surface area contributed by atoms with Crippen LogP contribution in [0.25, 0.3) is 0 Å². The lowest BCUT2D eigenvalue weighted by atomic mass is 9.85. The molecule has 7 heteroatoms. The van der Waals surface area contributed by atoms with Crippen LogP contribution in [0.3, 0.4) is 0 Å². The van der Waals surface area contributed by atoms with Gasteiger partial charge in [0.2, 0.25) is 11.8 Å². The summed E-state index contributed by atoms with van der Waals surface area (Å²) in [7, 11) is 2.03. The summed E-state index contributed by atoms with van der Waals surface area (Å²) in [5.41, 5.74) is -0.453. The second kappa shape index (κ2) is 8.66. The molecule has 164 valence electrons. The molecule has 2 heterocycles. The summed E-state index contributed by atoms with van der Waals surface area (Å²) in [5.74, 6) is 0.444. The molecule has 1 spiro atoms. The van der Waals surface area contributed by atoms with Crippen LogP contribution in [0.15, 0.2) is 0 Å². The fourth-order valence-electron chi connectivity index (χ4n) is 5.71. The molecule has 0 unspecified atom stereocenters. The van der Waals surface area contributed by atoms with E-state index < -0.39 is 17.6 Å². The van der Waals surface area contributed by atoms with Crippen molar-refractivity contribution in [1.82, 2.24) is 15.1 Å². The van der Waals surface area contributed by atoms with Crippen molar-refractivity contribution in [2.45, 2.75) is 88.3 Å². The molecule has 0 aromatic rings.